The molecule has 0 unspecified atom stereocenters. The molecular formula is C11H6N3O. The molecule has 1 aromatic carbocycles. The Kier molecular flexibility index (Phi) is 1.71. The summed E-state index contributed by atoms with van der Waals surface area (Å²) in [5, 5.41) is 0. The van der Waals surface area contributed by atoms with Gasteiger partial charge in [-0.1, -0.05) is 6.07 Å². The van der Waals surface area contributed by atoms with Crippen LogP contribution in [0.5, 0.6) is 0 Å². The summed E-state index contributed by atoms with van der Waals surface area (Å²) in [4.78, 5) is 12.1. The Morgan fingerprint density at radius 2 is 2.27 bits per heavy atom. The van der Waals surface area contributed by atoms with E-state index in [0.29, 0.717) is 0 Å². The Balaban J connectivity index is 2.19. The van der Waals surface area contributed by atoms with Crippen LogP contribution in [0.15, 0.2) is 41.4 Å². The van der Waals surface area contributed by atoms with E-state index in [4.69, 9.17) is 4.42 Å². The molecule has 0 aliphatic rings. The van der Waals surface area contributed by atoms with E-state index >= 15 is 0 Å². The van der Waals surface area contributed by atoms with Gasteiger partial charge in [0.1, 0.15) is 11.7 Å². The number of nitrogens with zero attached hydrogens (tertiary/aromatic N) is 3. The van der Waals surface area contributed by atoms with Gasteiger partial charge in [0.15, 0.2) is 12.0 Å². The third kappa shape index (κ3) is 1.36. The highest BCUT2D eigenvalue weighted by Crippen LogP contribution is 2.21. The van der Waals surface area contributed by atoms with Crippen LogP contribution < -0.4 is 0 Å². The van der Waals surface area contributed by atoms with Crippen molar-refractivity contribution in [2.45, 2.75) is 0 Å². The van der Waals surface area contributed by atoms with Crippen molar-refractivity contribution in [2.24, 2.45) is 0 Å². The van der Waals surface area contributed by atoms with Gasteiger partial charge in [-0.3, -0.25) is 4.98 Å². The molecule has 1 radical (unpaired) electrons. The van der Waals surface area contributed by atoms with Crippen LogP contribution in [0, 0.1) is 6.20 Å². The average Bonchev–Trinajstić information content (AvgIpc) is 2.77. The summed E-state index contributed by atoms with van der Waals surface area (Å²) in [7, 11) is 0. The molecule has 71 valence electrons. The second-order valence-corrected chi connectivity index (χ2v) is 3.07. The van der Waals surface area contributed by atoms with Crippen molar-refractivity contribution in [3.63, 3.8) is 0 Å². The van der Waals surface area contributed by atoms with Crippen LogP contribution in [0.1, 0.15) is 0 Å². The lowest BCUT2D eigenvalue weighted by Crippen LogP contribution is -1.83. The van der Waals surface area contributed by atoms with Crippen LogP contribution >= 0.6 is 0 Å². The van der Waals surface area contributed by atoms with E-state index in [-0.39, 0.29) is 0 Å². The Labute approximate surface area is 85.6 Å². The Morgan fingerprint density at radius 1 is 1.27 bits per heavy atom. The van der Waals surface area contributed by atoms with E-state index in [1.54, 1.807) is 6.20 Å². The lowest BCUT2D eigenvalue weighted by molar-refractivity contribution is 0.602. The SMILES string of the molecule is [c]1cncc(-c2ccc3ncoc3c2)n1. The van der Waals surface area contributed by atoms with Crippen molar-refractivity contribution in [1.29, 1.82) is 0 Å². The first kappa shape index (κ1) is 8.11. The molecule has 0 amide bonds. The van der Waals surface area contributed by atoms with Gasteiger partial charge in [-0.25, -0.2) is 9.97 Å². The van der Waals surface area contributed by atoms with Crippen molar-refractivity contribution >= 4 is 11.1 Å². The topological polar surface area (TPSA) is 51.8 Å². The fourth-order valence-electron chi connectivity index (χ4n) is 1.42. The number of rotatable bonds is 1. The van der Waals surface area contributed by atoms with Crippen molar-refractivity contribution in [3.05, 3.63) is 43.2 Å². The molecular weight excluding hydrogens is 190 g/mol. The molecule has 2 heterocycles. The molecule has 0 atom stereocenters. The zero-order valence-electron chi connectivity index (χ0n) is 7.71. The molecule has 2 aromatic heterocycles. The molecule has 0 aliphatic carbocycles. The summed E-state index contributed by atoms with van der Waals surface area (Å²) in [6, 6.07) is 5.71. The third-order valence-corrected chi connectivity index (χ3v) is 2.14. The number of hydrogen-bond acceptors (Lipinski definition) is 4. The Hall–Kier alpha value is -2.23. The van der Waals surface area contributed by atoms with Crippen LogP contribution in [0.25, 0.3) is 22.4 Å². The van der Waals surface area contributed by atoms with Gasteiger partial charge in [0.25, 0.3) is 0 Å². The van der Waals surface area contributed by atoms with E-state index in [1.807, 2.05) is 18.2 Å². The smallest absolute Gasteiger partial charge is 0.181 e. The standard InChI is InChI=1S/C11H6N3O/c1-2-9-11(15-7-14-9)5-8(1)10-6-12-3-4-13-10/h1-3,5-7H. The van der Waals surface area contributed by atoms with Crippen molar-refractivity contribution in [1.82, 2.24) is 15.0 Å². The number of benzene rings is 1. The zero-order valence-corrected chi connectivity index (χ0v) is 7.71. The summed E-state index contributed by atoms with van der Waals surface area (Å²) in [6.45, 7) is 0. The summed E-state index contributed by atoms with van der Waals surface area (Å²) in [6.07, 6.45) is 7.33. The van der Waals surface area contributed by atoms with Gasteiger partial charge in [0, 0.05) is 5.56 Å². The van der Waals surface area contributed by atoms with Gasteiger partial charge >= 0.3 is 0 Å². The fourth-order valence-corrected chi connectivity index (χ4v) is 1.42. The number of aromatic nitrogens is 3. The minimum absolute atomic E-state index is 0.748. The van der Waals surface area contributed by atoms with Crippen LogP contribution in [0.4, 0.5) is 0 Å². The summed E-state index contributed by atoms with van der Waals surface area (Å²) >= 11 is 0. The van der Waals surface area contributed by atoms with E-state index in [9.17, 15) is 0 Å². The average molecular weight is 196 g/mol. The molecule has 4 heteroatoms. The summed E-state index contributed by atoms with van der Waals surface area (Å²) < 4.78 is 5.21. The normalized spacial score (nSPS) is 10.7. The highest BCUT2D eigenvalue weighted by atomic mass is 16.3. The Morgan fingerprint density at radius 3 is 3.13 bits per heavy atom. The lowest BCUT2D eigenvalue weighted by Gasteiger charge is -1.97. The molecule has 0 saturated heterocycles. The molecule has 0 bridgehead atoms. The number of fused-ring (bicyclic) bond motifs is 1. The molecule has 0 aliphatic heterocycles. The molecule has 4 nitrogen and oxygen atoms in total. The minimum atomic E-state index is 0.748. The predicted octanol–water partition coefficient (Wildman–Crippen LogP) is 2.08. The van der Waals surface area contributed by atoms with Gasteiger partial charge in [0.2, 0.25) is 0 Å². The molecule has 0 N–H and O–H groups in total. The van der Waals surface area contributed by atoms with Gasteiger partial charge in [-0.2, -0.15) is 0 Å². The van der Waals surface area contributed by atoms with Crippen LogP contribution in [-0.4, -0.2) is 15.0 Å². The zero-order chi connectivity index (χ0) is 10.1. The minimum Gasteiger partial charge on any atom is -0.443 e. The summed E-state index contributed by atoms with van der Waals surface area (Å²) in [5.74, 6) is 0. The van der Waals surface area contributed by atoms with Crippen molar-refractivity contribution in [3.8, 4) is 11.3 Å². The van der Waals surface area contributed by atoms with Crippen LogP contribution in [0.3, 0.4) is 0 Å². The highest BCUT2D eigenvalue weighted by Gasteiger charge is 2.03. The fraction of sp³-hybridized carbons (Fsp3) is 0. The quantitative estimate of drug-likeness (QED) is 0.598. The molecule has 0 fully saturated rings. The molecule has 3 rings (SSSR count). The largest absolute Gasteiger partial charge is 0.443 e. The second kappa shape index (κ2) is 3.16. The Bertz CT molecular complexity index is 589. The number of oxazole rings is 1. The van der Waals surface area contributed by atoms with E-state index in [1.165, 1.54) is 12.6 Å². The first-order valence-corrected chi connectivity index (χ1v) is 4.45. The molecule has 15 heavy (non-hydrogen) atoms. The van der Waals surface area contributed by atoms with E-state index in [0.717, 1.165) is 22.4 Å². The first-order valence-electron chi connectivity index (χ1n) is 4.45. The maximum atomic E-state index is 5.21. The maximum absolute atomic E-state index is 5.21. The monoisotopic (exact) mass is 196 g/mol. The number of hydrogen-bond donors (Lipinski definition) is 0. The molecule has 3 aromatic rings. The van der Waals surface area contributed by atoms with Gasteiger partial charge < -0.3 is 4.42 Å². The van der Waals surface area contributed by atoms with E-state index < -0.39 is 0 Å². The third-order valence-electron chi connectivity index (χ3n) is 2.14. The predicted molar refractivity (Wildman–Crippen MR) is 53.9 cm³/mol. The first-order chi connectivity index (χ1) is 7.43. The van der Waals surface area contributed by atoms with E-state index in [2.05, 4.69) is 21.1 Å². The van der Waals surface area contributed by atoms with Gasteiger partial charge in [0.05, 0.1) is 18.1 Å². The highest BCUT2D eigenvalue weighted by molar-refractivity contribution is 5.78. The summed E-state index contributed by atoms with van der Waals surface area (Å²) in [5.41, 5.74) is 3.31. The van der Waals surface area contributed by atoms with Crippen LogP contribution in [0.2, 0.25) is 0 Å². The maximum Gasteiger partial charge on any atom is 0.181 e. The van der Waals surface area contributed by atoms with Gasteiger partial charge in [-0.15, -0.1) is 0 Å². The molecule has 0 saturated carbocycles. The van der Waals surface area contributed by atoms with Crippen molar-refractivity contribution in [2.75, 3.05) is 0 Å². The van der Waals surface area contributed by atoms with Crippen molar-refractivity contribution < 1.29 is 4.42 Å². The molecule has 0 spiro atoms. The lowest BCUT2D eigenvalue weighted by atomic mass is 10.1. The van der Waals surface area contributed by atoms with Crippen LogP contribution in [-0.2, 0) is 0 Å². The second-order valence-electron chi connectivity index (χ2n) is 3.07. The van der Waals surface area contributed by atoms with Gasteiger partial charge in [-0.05, 0) is 12.1 Å².